The summed E-state index contributed by atoms with van der Waals surface area (Å²) in [5, 5.41) is 3.59. The van der Waals surface area contributed by atoms with E-state index in [9.17, 15) is 0 Å². The van der Waals surface area contributed by atoms with Crippen molar-refractivity contribution in [2.24, 2.45) is 0 Å². The second-order valence-electron chi connectivity index (χ2n) is 2.60. The predicted molar refractivity (Wildman–Crippen MR) is 58.0 cm³/mol. The van der Waals surface area contributed by atoms with Crippen molar-refractivity contribution in [1.29, 1.82) is 0 Å². The molecule has 2 N–H and O–H groups in total. The second kappa shape index (κ2) is 4.05. The van der Waals surface area contributed by atoms with Crippen LogP contribution in [0, 0.1) is 0 Å². The average molecular weight is 282 g/mol. The molecule has 1 aliphatic heterocycles. The summed E-state index contributed by atoms with van der Waals surface area (Å²) in [6.07, 6.45) is 0. The molecule has 0 aliphatic carbocycles. The number of rotatable bonds is 1. The molecule has 1 aliphatic rings. The topological polar surface area (TPSA) is 24.1 Å². The second-order valence-corrected chi connectivity index (χ2v) is 4.30. The number of dihydropyridines is 1. The lowest BCUT2D eigenvalue weighted by molar-refractivity contribution is 0.457. The monoisotopic (exact) mass is 280 g/mol. The Morgan fingerprint density at radius 1 is 1.15 bits per heavy atom. The van der Waals surface area contributed by atoms with Crippen LogP contribution < -0.4 is 10.2 Å². The summed E-state index contributed by atoms with van der Waals surface area (Å²) in [5.41, 5.74) is -0.893. The van der Waals surface area contributed by atoms with Crippen molar-refractivity contribution in [3.8, 4) is 0 Å². The highest BCUT2D eigenvalue weighted by atomic mass is 35.5. The molecule has 0 saturated carbocycles. The molecular formula is C6H5Cl5N2. The van der Waals surface area contributed by atoms with E-state index in [2.05, 4.69) is 10.2 Å². The maximum atomic E-state index is 5.90. The Bertz CT molecular complexity index is 297. The molecule has 1 unspecified atom stereocenters. The fourth-order valence-electron chi connectivity index (χ4n) is 0.807. The molecule has 0 fully saturated rings. The Labute approximate surface area is 101 Å². The minimum absolute atomic E-state index is 0.178. The van der Waals surface area contributed by atoms with Crippen LogP contribution in [0.3, 0.4) is 0 Å². The van der Waals surface area contributed by atoms with E-state index in [1.165, 1.54) is 0 Å². The van der Waals surface area contributed by atoms with E-state index in [1.807, 2.05) is 0 Å². The third-order valence-electron chi connectivity index (χ3n) is 1.57. The Balaban J connectivity index is 3.19. The molecule has 0 spiro atoms. The quantitative estimate of drug-likeness (QED) is 0.569. The molecule has 7 heteroatoms. The van der Waals surface area contributed by atoms with Gasteiger partial charge in [-0.05, 0) is 18.7 Å². The molecule has 0 aromatic rings. The molecule has 1 atom stereocenters. The van der Waals surface area contributed by atoms with Crippen LogP contribution in [-0.2, 0) is 0 Å². The SMILES string of the molecule is CC1(NCl)NC(Cl)=C(Cl)C(Cl)=C1Cl. The van der Waals surface area contributed by atoms with Gasteiger partial charge >= 0.3 is 0 Å². The molecule has 0 aromatic heterocycles. The summed E-state index contributed by atoms with van der Waals surface area (Å²) < 4.78 is 0. The van der Waals surface area contributed by atoms with Crippen LogP contribution in [0.15, 0.2) is 20.3 Å². The fraction of sp³-hybridized carbons (Fsp3) is 0.333. The normalized spacial score (nSPS) is 29.4. The van der Waals surface area contributed by atoms with Gasteiger partial charge in [-0.15, -0.1) is 0 Å². The summed E-state index contributed by atoms with van der Waals surface area (Å²) in [5.74, 6) is 0. The van der Waals surface area contributed by atoms with Crippen LogP contribution in [0.2, 0.25) is 0 Å². The maximum absolute atomic E-state index is 5.90. The Morgan fingerprint density at radius 3 is 2.15 bits per heavy atom. The van der Waals surface area contributed by atoms with Gasteiger partial charge in [0.2, 0.25) is 0 Å². The Hall–Kier alpha value is 0.690. The molecule has 0 aromatic carbocycles. The van der Waals surface area contributed by atoms with E-state index in [0.29, 0.717) is 0 Å². The summed E-state index contributed by atoms with van der Waals surface area (Å²) in [4.78, 5) is 2.42. The van der Waals surface area contributed by atoms with Crippen LogP contribution >= 0.6 is 58.2 Å². The standard InChI is InChI=1S/C6H5Cl5N2/c1-6(13-11)4(9)2(7)3(8)5(10)12-6/h12-13H,1H3. The highest BCUT2D eigenvalue weighted by Gasteiger charge is 2.35. The molecule has 13 heavy (non-hydrogen) atoms. The predicted octanol–water partition coefficient (Wildman–Crippen LogP) is 3.39. The van der Waals surface area contributed by atoms with Gasteiger partial charge in [-0.2, -0.15) is 0 Å². The van der Waals surface area contributed by atoms with Gasteiger partial charge in [0.15, 0.2) is 0 Å². The summed E-state index contributed by atoms with van der Waals surface area (Å²) in [7, 11) is 0. The zero-order valence-electron chi connectivity index (χ0n) is 6.39. The lowest BCUT2D eigenvalue weighted by atomic mass is 10.1. The molecule has 0 bridgehead atoms. The van der Waals surface area contributed by atoms with E-state index in [1.54, 1.807) is 6.92 Å². The molecule has 0 radical (unpaired) electrons. The van der Waals surface area contributed by atoms with Gasteiger partial charge in [-0.25, -0.2) is 4.84 Å². The summed E-state index contributed by atoms with van der Waals surface area (Å²) in [6, 6.07) is 0. The van der Waals surface area contributed by atoms with Crippen LogP contribution in [-0.4, -0.2) is 5.66 Å². The van der Waals surface area contributed by atoms with Crippen molar-refractivity contribution < 1.29 is 0 Å². The highest BCUT2D eigenvalue weighted by Crippen LogP contribution is 2.38. The largest absolute Gasteiger partial charge is 0.351 e. The number of hydrogen-bond donors (Lipinski definition) is 2. The van der Waals surface area contributed by atoms with Gasteiger partial charge in [-0.3, -0.25) is 0 Å². The molecule has 74 valence electrons. The van der Waals surface area contributed by atoms with E-state index >= 15 is 0 Å². The minimum Gasteiger partial charge on any atom is -0.351 e. The Morgan fingerprint density at radius 2 is 1.69 bits per heavy atom. The van der Waals surface area contributed by atoms with Crippen LogP contribution in [0.25, 0.3) is 0 Å². The van der Waals surface area contributed by atoms with Gasteiger partial charge in [0.25, 0.3) is 0 Å². The minimum atomic E-state index is -0.893. The highest BCUT2D eigenvalue weighted by molar-refractivity contribution is 6.51. The van der Waals surface area contributed by atoms with Crippen molar-refractivity contribution >= 4 is 58.2 Å². The van der Waals surface area contributed by atoms with Crippen molar-refractivity contribution in [2.45, 2.75) is 12.6 Å². The first kappa shape index (κ1) is 11.8. The molecular weight excluding hydrogens is 277 g/mol. The smallest absolute Gasteiger partial charge is 0.138 e. The van der Waals surface area contributed by atoms with Gasteiger partial charge in [0.05, 0.1) is 15.1 Å². The number of halogens is 5. The molecule has 0 amide bonds. The first-order valence-corrected chi connectivity index (χ1v) is 5.08. The van der Waals surface area contributed by atoms with E-state index in [0.717, 1.165) is 0 Å². The van der Waals surface area contributed by atoms with Gasteiger partial charge in [-0.1, -0.05) is 46.4 Å². The molecule has 1 rings (SSSR count). The number of allylic oxidation sites excluding steroid dienone is 2. The van der Waals surface area contributed by atoms with Crippen molar-refractivity contribution in [2.75, 3.05) is 0 Å². The van der Waals surface area contributed by atoms with Gasteiger partial charge < -0.3 is 5.32 Å². The number of nitrogens with one attached hydrogen (secondary N) is 2. The lowest BCUT2D eigenvalue weighted by Gasteiger charge is -2.33. The third-order valence-corrected chi connectivity index (χ3v) is 3.84. The van der Waals surface area contributed by atoms with E-state index in [4.69, 9.17) is 58.2 Å². The summed E-state index contributed by atoms with van der Waals surface area (Å²) in [6.45, 7) is 1.68. The van der Waals surface area contributed by atoms with Crippen LogP contribution in [0.1, 0.15) is 6.92 Å². The van der Waals surface area contributed by atoms with Gasteiger partial charge in [0.1, 0.15) is 10.8 Å². The summed E-state index contributed by atoms with van der Waals surface area (Å²) >= 11 is 28.7. The van der Waals surface area contributed by atoms with E-state index in [-0.39, 0.29) is 20.3 Å². The van der Waals surface area contributed by atoms with Crippen LogP contribution in [0.4, 0.5) is 0 Å². The molecule has 2 nitrogen and oxygen atoms in total. The first-order valence-electron chi connectivity index (χ1n) is 3.19. The maximum Gasteiger partial charge on any atom is 0.138 e. The lowest BCUT2D eigenvalue weighted by Crippen LogP contribution is -2.52. The average Bonchev–Trinajstić information content (AvgIpc) is 2.12. The van der Waals surface area contributed by atoms with Crippen LogP contribution in [0.5, 0.6) is 0 Å². The van der Waals surface area contributed by atoms with Crippen molar-refractivity contribution in [3.05, 3.63) is 20.3 Å². The van der Waals surface area contributed by atoms with Crippen molar-refractivity contribution in [3.63, 3.8) is 0 Å². The van der Waals surface area contributed by atoms with E-state index < -0.39 is 5.66 Å². The zero-order valence-corrected chi connectivity index (χ0v) is 10.2. The zero-order chi connectivity index (χ0) is 10.2. The third kappa shape index (κ3) is 2.04. The fourth-order valence-corrected chi connectivity index (χ4v) is 1.99. The van der Waals surface area contributed by atoms with Crippen molar-refractivity contribution in [1.82, 2.24) is 10.2 Å². The molecule has 1 heterocycles. The molecule has 0 saturated heterocycles. The first-order chi connectivity index (χ1) is 5.92. The Kier molecular flexibility index (Phi) is 3.67. The number of hydrogen-bond acceptors (Lipinski definition) is 2. The van der Waals surface area contributed by atoms with Gasteiger partial charge in [0, 0.05) is 0 Å².